The van der Waals surface area contributed by atoms with E-state index < -0.39 is 0 Å². The van der Waals surface area contributed by atoms with Gasteiger partial charge >= 0.3 is 0 Å². The lowest BCUT2D eigenvalue weighted by molar-refractivity contribution is 0.305. The smallest absolute Gasteiger partial charge is 0.123 e. The lowest BCUT2D eigenvalue weighted by Gasteiger charge is -2.14. The molecule has 0 aliphatic carbocycles. The van der Waals surface area contributed by atoms with Crippen LogP contribution < -0.4 is 4.74 Å². The van der Waals surface area contributed by atoms with E-state index in [0.717, 1.165) is 9.54 Å². The molecular formula is C15H17BrOS. The minimum Gasteiger partial charge on any atom is -0.488 e. The predicted molar refractivity (Wildman–Crippen MR) is 81.6 cm³/mol. The fraction of sp³-hybridized carbons (Fsp3) is 0.333. The molecule has 2 rings (SSSR count). The monoisotopic (exact) mass is 324 g/mol. The maximum absolute atomic E-state index is 5.97. The Balaban J connectivity index is 2.15. The van der Waals surface area contributed by atoms with Gasteiger partial charge in [-0.05, 0) is 58.1 Å². The average Bonchev–Trinajstić information content (AvgIpc) is 2.72. The van der Waals surface area contributed by atoms with Crippen LogP contribution in [0.25, 0.3) is 0 Å². The Labute approximate surface area is 121 Å². The highest BCUT2D eigenvalue weighted by molar-refractivity contribution is 9.11. The molecule has 96 valence electrons. The van der Waals surface area contributed by atoms with Crippen molar-refractivity contribution < 1.29 is 4.74 Å². The average molecular weight is 325 g/mol. The molecule has 0 unspecified atom stereocenters. The first-order valence-electron chi connectivity index (χ1n) is 6.04. The van der Waals surface area contributed by atoms with Gasteiger partial charge in [0.1, 0.15) is 12.4 Å². The van der Waals surface area contributed by atoms with Crippen LogP contribution in [0, 0.1) is 6.92 Å². The lowest BCUT2D eigenvalue weighted by Crippen LogP contribution is -1.99. The van der Waals surface area contributed by atoms with E-state index in [1.54, 1.807) is 11.3 Å². The molecule has 0 fully saturated rings. The van der Waals surface area contributed by atoms with Gasteiger partial charge in [0.05, 0.1) is 3.79 Å². The van der Waals surface area contributed by atoms with Gasteiger partial charge in [-0.2, -0.15) is 0 Å². The third kappa shape index (κ3) is 3.36. The van der Waals surface area contributed by atoms with Crippen molar-refractivity contribution in [2.75, 3.05) is 0 Å². The summed E-state index contributed by atoms with van der Waals surface area (Å²) in [4.78, 5) is 1.23. The number of hydrogen-bond acceptors (Lipinski definition) is 2. The Bertz CT molecular complexity index is 531. The van der Waals surface area contributed by atoms with Crippen molar-refractivity contribution in [3.8, 4) is 5.75 Å². The van der Waals surface area contributed by atoms with Crippen molar-refractivity contribution in [1.29, 1.82) is 0 Å². The van der Waals surface area contributed by atoms with E-state index in [0.29, 0.717) is 12.5 Å². The van der Waals surface area contributed by atoms with Gasteiger partial charge in [0.25, 0.3) is 0 Å². The molecule has 1 nitrogen and oxygen atoms in total. The van der Waals surface area contributed by atoms with Crippen molar-refractivity contribution in [2.45, 2.75) is 33.3 Å². The van der Waals surface area contributed by atoms with Gasteiger partial charge in [0.15, 0.2) is 0 Å². The molecule has 0 bridgehead atoms. The molecule has 0 atom stereocenters. The molecule has 18 heavy (non-hydrogen) atoms. The van der Waals surface area contributed by atoms with Crippen molar-refractivity contribution in [3.05, 3.63) is 50.1 Å². The van der Waals surface area contributed by atoms with Crippen LogP contribution >= 0.6 is 27.3 Å². The van der Waals surface area contributed by atoms with E-state index in [1.807, 2.05) is 0 Å². The number of thiophene rings is 1. The molecule has 0 saturated heterocycles. The van der Waals surface area contributed by atoms with Crippen molar-refractivity contribution in [1.82, 2.24) is 0 Å². The number of aryl methyl sites for hydroxylation is 1. The highest BCUT2D eigenvalue weighted by Gasteiger charge is 2.08. The minimum atomic E-state index is 0.482. The molecule has 0 amide bonds. The second-order valence-corrected chi connectivity index (χ2v) is 7.24. The Morgan fingerprint density at radius 2 is 2.00 bits per heavy atom. The lowest BCUT2D eigenvalue weighted by atomic mass is 10.0. The highest BCUT2D eigenvalue weighted by Crippen LogP contribution is 2.29. The molecule has 0 radical (unpaired) electrons. The molecule has 0 N–H and O–H groups in total. The molecule has 1 aromatic heterocycles. The Morgan fingerprint density at radius 3 is 2.61 bits per heavy atom. The van der Waals surface area contributed by atoms with Crippen LogP contribution in [0.5, 0.6) is 5.75 Å². The number of rotatable bonds is 4. The summed E-state index contributed by atoms with van der Waals surface area (Å²) < 4.78 is 7.12. The van der Waals surface area contributed by atoms with E-state index in [4.69, 9.17) is 4.74 Å². The summed E-state index contributed by atoms with van der Waals surface area (Å²) in [5, 5.41) is 0. The van der Waals surface area contributed by atoms with Crippen LogP contribution in [0.2, 0.25) is 0 Å². The summed E-state index contributed by atoms with van der Waals surface area (Å²) in [6.07, 6.45) is 0. The Kier molecular flexibility index (Phi) is 4.46. The first kappa shape index (κ1) is 13.6. The van der Waals surface area contributed by atoms with Crippen molar-refractivity contribution in [3.63, 3.8) is 0 Å². The standard InChI is InChI=1S/C15H17BrOS/c1-10(2)13-6-4-11(3)8-14(13)17-9-12-5-7-15(16)18-12/h4-8,10H,9H2,1-3H3. The van der Waals surface area contributed by atoms with E-state index in [2.05, 4.69) is 67.0 Å². The SMILES string of the molecule is Cc1ccc(C(C)C)c(OCc2ccc(Br)s2)c1. The van der Waals surface area contributed by atoms with E-state index in [1.165, 1.54) is 16.0 Å². The van der Waals surface area contributed by atoms with Gasteiger partial charge < -0.3 is 4.74 Å². The third-order valence-electron chi connectivity index (χ3n) is 2.79. The largest absolute Gasteiger partial charge is 0.488 e. The van der Waals surface area contributed by atoms with E-state index in [9.17, 15) is 0 Å². The summed E-state index contributed by atoms with van der Waals surface area (Å²) in [5.74, 6) is 1.49. The summed E-state index contributed by atoms with van der Waals surface area (Å²) in [5.41, 5.74) is 2.51. The summed E-state index contributed by atoms with van der Waals surface area (Å²) in [6, 6.07) is 10.6. The van der Waals surface area contributed by atoms with Gasteiger partial charge in [0, 0.05) is 4.88 Å². The summed E-state index contributed by atoms with van der Waals surface area (Å²) in [7, 11) is 0. The van der Waals surface area contributed by atoms with Gasteiger partial charge in [-0.25, -0.2) is 0 Å². The normalized spacial score (nSPS) is 10.9. The van der Waals surface area contributed by atoms with Gasteiger partial charge in [0.2, 0.25) is 0 Å². The zero-order valence-electron chi connectivity index (χ0n) is 10.9. The summed E-state index contributed by atoms with van der Waals surface area (Å²) >= 11 is 5.19. The molecule has 1 aromatic carbocycles. The Hall–Kier alpha value is -0.800. The molecule has 2 aromatic rings. The number of halogens is 1. The van der Waals surface area contributed by atoms with Crippen LogP contribution in [0.15, 0.2) is 34.1 Å². The third-order valence-corrected chi connectivity index (χ3v) is 4.39. The van der Waals surface area contributed by atoms with Gasteiger partial charge in [-0.15, -0.1) is 11.3 Å². The zero-order valence-corrected chi connectivity index (χ0v) is 13.3. The minimum absolute atomic E-state index is 0.482. The van der Waals surface area contributed by atoms with Crippen LogP contribution in [0.1, 0.15) is 35.8 Å². The zero-order chi connectivity index (χ0) is 13.1. The van der Waals surface area contributed by atoms with Crippen LogP contribution in [0.4, 0.5) is 0 Å². The molecule has 0 spiro atoms. The fourth-order valence-electron chi connectivity index (χ4n) is 1.82. The second-order valence-electron chi connectivity index (χ2n) is 4.69. The number of ether oxygens (including phenoxy) is 1. The molecule has 0 saturated carbocycles. The molecule has 0 aliphatic heterocycles. The van der Waals surface area contributed by atoms with Crippen molar-refractivity contribution in [2.24, 2.45) is 0 Å². The number of benzene rings is 1. The highest BCUT2D eigenvalue weighted by atomic mass is 79.9. The number of hydrogen-bond donors (Lipinski definition) is 0. The van der Waals surface area contributed by atoms with Gasteiger partial charge in [-0.1, -0.05) is 26.0 Å². The van der Waals surface area contributed by atoms with Crippen LogP contribution in [-0.4, -0.2) is 0 Å². The van der Waals surface area contributed by atoms with E-state index in [-0.39, 0.29) is 0 Å². The maximum atomic E-state index is 5.97. The molecular weight excluding hydrogens is 308 g/mol. The molecule has 3 heteroatoms. The Morgan fingerprint density at radius 1 is 1.22 bits per heavy atom. The first-order valence-corrected chi connectivity index (χ1v) is 7.65. The first-order chi connectivity index (χ1) is 8.56. The topological polar surface area (TPSA) is 9.23 Å². The van der Waals surface area contributed by atoms with E-state index >= 15 is 0 Å². The summed E-state index contributed by atoms with van der Waals surface area (Å²) in [6.45, 7) is 7.12. The maximum Gasteiger partial charge on any atom is 0.123 e. The van der Waals surface area contributed by atoms with Crippen LogP contribution in [-0.2, 0) is 6.61 Å². The quantitative estimate of drug-likeness (QED) is 0.719. The molecule has 1 heterocycles. The van der Waals surface area contributed by atoms with Crippen molar-refractivity contribution >= 4 is 27.3 Å². The fourth-order valence-corrected chi connectivity index (χ4v) is 3.22. The van der Waals surface area contributed by atoms with Gasteiger partial charge in [-0.3, -0.25) is 0 Å². The second kappa shape index (κ2) is 5.89. The van der Waals surface area contributed by atoms with Crippen LogP contribution in [0.3, 0.4) is 0 Å². The predicted octanol–water partition coefficient (Wildman–Crippen LogP) is 5.52. The molecule has 0 aliphatic rings.